The zero-order valence-electron chi connectivity index (χ0n) is 5.66. The maximum absolute atomic E-state index is 10.5. The second-order valence-corrected chi connectivity index (χ2v) is 1.67. The summed E-state index contributed by atoms with van der Waals surface area (Å²) in [4.78, 5) is 30.0. The first-order valence-electron chi connectivity index (χ1n) is 2.82. The highest BCUT2D eigenvalue weighted by molar-refractivity contribution is 5.93. The van der Waals surface area contributed by atoms with Crippen molar-refractivity contribution in [1.82, 2.24) is 10.6 Å². The molecule has 62 valence electrons. The molecule has 0 bridgehead atoms. The van der Waals surface area contributed by atoms with Gasteiger partial charge in [0.15, 0.2) is 0 Å². The van der Waals surface area contributed by atoms with E-state index < -0.39 is 18.3 Å². The van der Waals surface area contributed by atoms with Crippen LogP contribution in [-0.4, -0.2) is 30.1 Å². The second-order valence-electron chi connectivity index (χ2n) is 1.67. The highest BCUT2D eigenvalue weighted by Gasteiger charge is 2.04. The summed E-state index contributed by atoms with van der Waals surface area (Å²) in [7, 11) is 0. The van der Waals surface area contributed by atoms with Gasteiger partial charge in [0.1, 0.15) is 6.42 Å². The number of carbonyl (C=O) groups is 3. The molecule has 6 heteroatoms. The summed E-state index contributed by atoms with van der Waals surface area (Å²) >= 11 is 0. The van der Waals surface area contributed by atoms with Crippen molar-refractivity contribution < 1.29 is 19.5 Å². The lowest BCUT2D eigenvalue weighted by atomic mass is 10.4. The summed E-state index contributed by atoms with van der Waals surface area (Å²) in [6.45, 7) is -0.0460. The van der Waals surface area contributed by atoms with Gasteiger partial charge in [0.25, 0.3) is 0 Å². The molecule has 0 aromatic carbocycles. The lowest BCUT2D eigenvalue weighted by Gasteiger charge is -1.99. The van der Waals surface area contributed by atoms with Crippen molar-refractivity contribution in [2.75, 3.05) is 6.67 Å². The molecule has 0 radical (unpaired) electrons. The molecule has 0 aromatic rings. The van der Waals surface area contributed by atoms with Gasteiger partial charge in [-0.05, 0) is 0 Å². The highest BCUT2D eigenvalue weighted by Crippen LogP contribution is 1.76. The maximum Gasteiger partial charge on any atom is 0.312 e. The van der Waals surface area contributed by atoms with Crippen LogP contribution in [0.25, 0.3) is 0 Å². The molecular formula is C5H8N2O4. The fourth-order valence-electron chi connectivity index (χ4n) is 0.391. The van der Waals surface area contributed by atoms with Gasteiger partial charge < -0.3 is 15.7 Å². The molecule has 0 spiro atoms. The van der Waals surface area contributed by atoms with E-state index >= 15 is 0 Å². The molecule has 0 saturated heterocycles. The molecule has 0 aliphatic rings. The number of hydrogen-bond acceptors (Lipinski definition) is 3. The minimum Gasteiger partial charge on any atom is -0.481 e. The zero-order chi connectivity index (χ0) is 8.69. The zero-order valence-corrected chi connectivity index (χ0v) is 5.66. The van der Waals surface area contributed by atoms with Crippen LogP contribution in [0.4, 0.5) is 0 Å². The molecule has 6 nitrogen and oxygen atoms in total. The van der Waals surface area contributed by atoms with E-state index in [-0.39, 0.29) is 6.67 Å². The molecule has 3 N–H and O–H groups in total. The number of amides is 2. The number of carboxylic acids is 1. The third kappa shape index (κ3) is 6.29. The first-order valence-corrected chi connectivity index (χ1v) is 2.82. The minimum atomic E-state index is -1.20. The molecule has 0 saturated carbocycles. The summed E-state index contributed by atoms with van der Waals surface area (Å²) in [5, 5.41) is 12.4. The average Bonchev–Trinajstić information content (AvgIpc) is 1.86. The summed E-state index contributed by atoms with van der Waals surface area (Å²) < 4.78 is 0. The van der Waals surface area contributed by atoms with Gasteiger partial charge >= 0.3 is 5.97 Å². The van der Waals surface area contributed by atoms with Crippen LogP contribution in [0.3, 0.4) is 0 Å². The van der Waals surface area contributed by atoms with Crippen LogP contribution < -0.4 is 10.6 Å². The highest BCUT2D eigenvalue weighted by atomic mass is 16.4. The number of carbonyl (C=O) groups excluding carboxylic acids is 2. The van der Waals surface area contributed by atoms with Gasteiger partial charge in [-0.15, -0.1) is 0 Å². The van der Waals surface area contributed by atoms with Crippen LogP contribution in [0.15, 0.2) is 0 Å². The average molecular weight is 160 g/mol. The first kappa shape index (κ1) is 9.41. The normalized spacial score (nSPS) is 8.36. The van der Waals surface area contributed by atoms with Crippen LogP contribution >= 0.6 is 0 Å². The molecule has 0 fully saturated rings. The SMILES string of the molecule is O=CNCNC(=O)CC(=O)O. The topological polar surface area (TPSA) is 95.5 Å². The molecule has 0 rings (SSSR count). The fraction of sp³-hybridized carbons (Fsp3) is 0.400. The third-order valence-corrected chi connectivity index (χ3v) is 0.783. The Kier molecular flexibility index (Phi) is 4.46. The van der Waals surface area contributed by atoms with Crippen molar-refractivity contribution in [3.8, 4) is 0 Å². The molecule has 0 aliphatic heterocycles. The number of rotatable bonds is 5. The standard InChI is InChI=1S/C5H8N2O4/c8-3-6-2-7-4(9)1-5(10)11/h3H,1-2H2,(H,6,8)(H,7,9)(H,10,11). The van der Waals surface area contributed by atoms with Gasteiger partial charge in [-0.3, -0.25) is 14.4 Å². The van der Waals surface area contributed by atoms with Crippen molar-refractivity contribution in [2.45, 2.75) is 6.42 Å². The number of nitrogens with one attached hydrogen (secondary N) is 2. The van der Waals surface area contributed by atoms with Crippen molar-refractivity contribution in [3.05, 3.63) is 0 Å². The Balaban J connectivity index is 3.37. The van der Waals surface area contributed by atoms with E-state index in [0.29, 0.717) is 6.41 Å². The number of hydrogen-bond donors (Lipinski definition) is 3. The lowest BCUT2D eigenvalue weighted by Crippen LogP contribution is -2.34. The largest absolute Gasteiger partial charge is 0.481 e. The van der Waals surface area contributed by atoms with Gasteiger partial charge in [0.05, 0.1) is 6.67 Å². The predicted octanol–water partition coefficient (Wildman–Crippen LogP) is -1.72. The Labute approximate surface area is 62.6 Å². The summed E-state index contributed by atoms with van der Waals surface area (Å²) in [6.07, 6.45) is -0.179. The first-order chi connectivity index (χ1) is 5.16. The van der Waals surface area contributed by atoms with Crippen LogP contribution in [0.1, 0.15) is 6.42 Å². The van der Waals surface area contributed by atoms with Crippen LogP contribution in [-0.2, 0) is 14.4 Å². The molecule has 2 amide bonds. The monoisotopic (exact) mass is 160 g/mol. The van der Waals surface area contributed by atoms with E-state index in [1.807, 2.05) is 0 Å². The van der Waals surface area contributed by atoms with Gasteiger partial charge in [0.2, 0.25) is 12.3 Å². The minimum absolute atomic E-state index is 0.0460. The molecule has 0 heterocycles. The van der Waals surface area contributed by atoms with Gasteiger partial charge in [-0.25, -0.2) is 0 Å². The van der Waals surface area contributed by atoms with Crippen LogP contribution in [0.2, 0.25) is 0 Å². The molecule has 0 aromatic heterocycles. The Morgan fingerprint density at radius 3 is 2.55 bits per heavy atom. The molecule has 11 heavy (non-hydrogen) atoms. The summed E-state index contributed by atoms with van der Waals surface area (Å²) in [5.41, 5.74) is 0. The Hall–Kier alpha value is -1.59. The second kappa shape index (κ2) is 5.21. The predicted molar refractivity (Wildman–Crippen MR) is 34.5 cm³/mol. The van der Waals surface area contributed by atoms with Gasteiger partial charge in [-0.2, -0.15) is 0 Å². The van der Waals surface area contributed by atoms with Crippen molar-refractivity contribution in [2.24, 2.45) is 0 Å². The van der Waals surface area contributed by atoms with Gasteiger partial charge in [-0.1, -0.05) is 0 Å². The maximum atomic E-state index is 10.5. The Morgan fingerprint density at radius 1 is 1.45 bits per heavy atom. The lowest BCUT2D eigenvalue weighted by molar-refractivity contribution is -0.140. The van der Waals surface area contributed by atoms with E-state index in [9.17, 15) is 14.4 Å². The molecular weight excluding hydrogens is 152 g/mol. The summed E-state index contributed by atoms with van der Waals surface area (Å²) in [6, 6.07) is 0. The van der Waals surface area contributed by atoms with E-state index in [4.69, 9.17) is 5.11 Å². The fourth-order valence-corrected chi connectivity index (χ4v) is 0.391. The quantitative estimate of drug-likeness (QED) is 0.193. The van der Waals surface area contributed by atoms with E-state index in [2.05, 4.69) is 10.6 Å². The number of carboxylic acid groups (broad SMARTS) is 1. The molecule has 0 unspecified atom stereocenters. The number of aliphatic carboxylic acids is 1. The van der Waals surface area contributed by atoms with Crippen LogP contribution in [0.5, 0.6) is 0 Å². The van der Waals surface area contributed by atoms with E-state index in [1.54, 1.807) is 0 Å². The van der Waals surface area contributed by atoms with Crippen LogP contribution in [0, 0.1) is 0 Å². The smallest absolute Gasteiger partial charge is 0.312 e. The van der Waals surface area contributed by atoms with Crippen molar-refractivity contribution in [1.29, 1.82) is 0 Å². The van der Waals surface area contributed by atoms with E-state index in [1.165, 1.54) is 0 Å². The third-order valence-electron chi connectivity index (χ3n) is 0.783. The van der Waals surface area contributed by atoms with E-state index in [0.717, 1.165) is 0 Å². The molecule has 0 atom stereocenters. The Bertz CT molecular complexity index is 168. The Morgan fingerprint density at radius 2 is 2.09 bits per heavy atom. The van der Waals surface area contributed by atoms with Crippen molar-refractivity contribution >= 4 is 18.3 Å². The molecule has 0 aliphatic carbocycles. The van der Waals surface area contributed by atoms with Crippen molar-refractivity contribution in [3.63, 3.8) is 0 Å². The van der Waals surface area contributed by atoms with Gasteiger partial charge in [0, 0.05) is 0 Å². The summed E-state index contributed by atoms with van der Waals surface area (Å²) in [5.74, 6) is -1.83.